The molecule has 1 aromatic heterocycles. The van der Waals surface area contributed by atoms with Crippen LogP contribution in [0.1, 0.15) is 16.9 Å². The molecule has 0 amide bonds. The van der Waals surface area contributed by atoms with Gasteiger partial charge in [0.1, 0.15) is 18.1 Å². The summed E-state index contributed by atoms with van der Waals surface area (Å²) in [6.07, 6.45) is 4.84. The minimum absolute atomic E-state index is 0.557. The zero-order valence-electron chi connectivity index (χ0n) is 12.5. The van der Waals surface area contributed by atoms with Gasteiger partial charge < -0.3 is 9.15 Å². The van der Waals surface area contributed by atoms with E-state index in [9.17, 15) is 0 Å². The molecule has 3 rings (SSSR count). The van der Waals surface area contributed by atoms with Crippen molar-refractivity contribution in [1.29, 1.82) is 0 Å². The highest BCUT2D eigenvalue weighted by atomic mass is 16.5. The molecule has 114 valence electrons. The fraction of sp³-hybridized carbons (Fsp3) is 0.0526. The van der Waals surface area contributed by atoms with E-state index in [2.05, 4.69) is 10.2 Å². The quantitative estimate of drug-likeness (QED) is 0.503. The van der Waals surface area contributed by atoms with Crippen molar-refractivity contribution in [3.8, 4) is 5.75 Å². The van der Waals surface area contributed by atoms with E-state index in [0.29, 0.717) is 12.4 Å². The van der Waals surface area contributed by atoms with Crippen molar-refractivity contribution in [2.75, 3.05) is 0 Å². The lowest BCUT2D eigenvalue weighted by atomic mass is 10.2. The highest BCUT2D eigenvalue weighted by molar-refractivity contribution is 5.81. The first-order valence-electron chi connectivity index (χ1n) is 7.27. The summed E-state index contributed by atoms with van der Waals surface area (Å²) in [4.78, 5) is 0. The van der Waals surface area contributed by atoms with Gasteiger partial charge in [0, 0.05) is 0 Å². The maximum absolute atomic E-state index is 5.74. The Labute approximate surface area is 134 Å². The first kappa shape index (κ1) is 14.8. The van der Waals surface area contributed by atoms with E-state index < -0.39 is 0 Å². The van der Waals surface area contributed by atoms with Gasteiger partial charge in [0.2, 0.25) is 0 Å². The Hall–Kier alpha value is -3.14. The van der Waals surface area contributed by atoms with Crippen LogP contribution in [0.2, 0.25) is 0 Å². The van der Waals surface area contributed by atoms with Gasteiger partial charge in [0.25, 0.3) is 0 Å². The molecule has 0 aliphatic carbocycles. The molecule has 0 radical (unpaired) electrons. The number of ether oxygens (including phenoxy) is 1. The lowest BCUT2D eigenvalue weighted by molar-refractivity contribution is 0.306. The summed E-state index contributed by atoms with van der Waals surface area (Å²) in [7, 11) is 0. The Morgan fingerprint density at radius 3 is 2.35 bits per heavy atom. The molecule has 0 saturated heterocycles. The standard InChI is InChI=1S/C19H16N2O2/c1-2-5-17(6-3-1)15-23-18-10-8-16(9-11-18)13-20-21-14-19-7-4-12-22-19/h1-14H,15H2/b20-13+,21-14-. The van der Waals surface area contributed by atoms with Crippen LogP contribution in [-0.2, 0) is 6.61 Å². The molecule has 23 heavy (non-hydrogen) atoms. The third-order valence-corrected chi connectivity index (χ3v) is 3.13. The van der Waals surface area contributed by atoms with Crippen LogP contribution in [0.15, 0.2) is 87.6 Å². The third kappa shape index (κ3) is 4.68. The zero-order chi connectivity index (χ0) is 15.7. The van der Waals surface area contributed by atoms with Crippen LogP contribution >= 0.6 is 0 Å². The summed E-state index contributed by atoms with van der Waals surface area (Å²) in [5.74, 6) is 1.50. The molecule has 0 atom stereocenters. The second-order valence-corrected chi connectivity index (χ2v) is 4.85. The molecule has 0 N–H and O–H groups in total. The summed E-state index contributed by atoms with van der Waals surface area (Å²) >= 11 is 0. The second-order valence-electron chi connectivity index (χ2n) is 4.85. The van der Waals surface area contributed by atoms with Gasteiger partial charge in [-0.2, -0.15) is 10.2 Å². The van der Waals surface area contributed by atoms with Crippen LogP contribution in [0.5, 0.6) is 5.75 Å². The van der Waals surface area contributed by atoms with E-state index in [4.69, 9.17) is 9.15 Å². The lowest BCUT2D eigenvalue weighted by Crippen LogP contribution is -1.94. The molecule has 0 aliphatic heterocycles. The highest BCUT2D eigenvalue weighted by Gasteiger charge is 1.95. The van der Waals surface area contributed by atoms with E-state index in [0.717, 1.165) is 16.9 Å². The molecule has 0 saturated carbocycles. The van der Waals surface area contributed by atoms with Gasteiger partial charge in [-0.05, 0) is 47.5 Å². The molecule has 4 nitrogen and oxygen atoms in total. The van der Waals surface area contributed by atoms with E-state index in [1.807, 2.05) is 60.7 Å². The largest absolute Gasteiger partial charge is 0.489 e. The van der Waals surface area contributed by atoms with Crippen molar-refractivity contribution in [3.63, 3.8) is 0 Å². The Morgan fingerprint density at radius 1 is 0.826 bits per heavy atom. The van der Waals surface area contributed by atoms with Gasteiger partial charge in [-0.15, -0.1) is 0 Å². The summed E-state index contributed by atoms with van der Waals surface area (Å²) in [5, 5.41) is 7.91. The molecule has 1 heterocycles. The summed E-state index contributed by atoms with van der Waals surface area (Å²) in [6.45, 7) is 0.557. The fourth-order valence-corrected chi connectivity index (χ4v) is 1.95. The molecule has 4 heteroatoms. The van der Waals surface area contributed by atoms with E-state index in [1.165, 1.54) is 0 Å². The van der Waals surface area contributed by atoms with Crippen molar-refractivity contribution in [3.05, 3.63) is 89.9 Å². The summed E-state index contributed by atoms with van der Waals surface area (Å²) in [6, 6.07) is 21.4. The van der Waals surface area contributed by atoms with Crippen molar-refractivity contribution in [1.82, 2.24) is 0 Å². The molecule has 0 fully saturated rings. The maximum Gasteiger partial charge on any atom is 0.146 e. The zero-order valence-corrected chi connectivity index (χ0v) is 12.5. The highest BCUT2D eigenvalue weighted by Crippen LogP contribution is 2.13. The van der Waals surface area contributed by atoms with Crippen LogP contribution in [-0.4, -0.2) is 12.4 Å². The van der Waals surface area contributed by atoms with Crippen molar-refractivity contribution in [2.45, 2.75) is 6.61 Å². The van der Waals surface area contributed by atoms with Crippen LogP contribution in [0.25, 0.3) is 0 Å². The first-order chi connectivity index (χ1) is 11.4. The van der Waals surface area contributed by atoms with Crippen LogP contribution in [0.3, 0.4) is 0 Å². The van der Waals surface area contributed by atoms with E-state index in [-0.39, 0.29) is 0 Å². The van der Waals surface area contributed by atoms with Gasteiger partial charge in [0.15, 0.2) is 0 Å². The molecule has 0 aliphatic rings. The van der Waals surface area contributed by atoms with Crippen LogP contribution in [0, 0.1) is 0 Å². The number of rotatable bonds is 6. The second kappa shape index (κ2) is 7.75. The van der Waals surface area contributed by atoms with Crippen LogP contribution < -0.4 is 4.74 Å². The Balaban J connectivity index is 1.52. The SMILES string of the molecule is C(=N/N=C/c1ccc(OCc2ccccc2)cc1)/c1ccco1. The first-order valence-corrected chi connectivity index (χ1v) is 7.27. The van der Waals surface area contributed by atoms with Gasteiger partial charge in [0.05, 0.1) is 18.7 Å². The summed E-state index contributed by atoms with van der Waals surface area (Å²) in [5.41, 5.74) is 2.10. The predicted octanol–water partition coefficient (Wildman–Crippen LogP) is 4.31. The van der Waals surface area contributed by atoms with Crippen molar-refractivity contribution in [2.24, 2.45) is 10.2 Å². The van der Waals surface area contributed by atoms with E-state index >= 15 is 0 Å². The predicted molar refractivity (Wildman–Crippen MR) is 91.1 cm³/mol. The Bertz CT molecular complexity index is 761. The van der Waals surface area contributed by atoms with Gasteiger partial charge in [-0.1, -0.05) is 30.3 Å². The minimum atomic E-state index is 0.557. The minimum Gasteiger partial charge on any atom is -0.489 e. The Morgan fingerprint density at radius 2 is 1.61 bits per heavy atom. The topological polar surface area (TPSA) is 47.1 Å². The number of furan rings is 1. The Kier molecular flexibility index (Phi) is 4.98. The number of nitrogens with zero attached hydrogens (tertiary/aromatic N) is 2. The molecule has 3 aromatic rings. The molecule has 0 bridgehead atoms. The maximum atomic E-state index is 5.74. The van der Waals surface area contributed by atoms with Gasteiger partial charge in [-0.25, -0.2) is 0 Å². The average molecular weight is 304 g/mol. The average Bonchev–Trinajstić information content (AvgIpc) is 3.12. The third-order valence-electron chi connectivity index (χ3n) is 3.13. The summed E-state index contributed by atoms with van der Waals surface area (Å²) < 4.78 is 10.9. The molecule has 2 aromatic carbocycles. The molecule has 0 spiro atoms. The number of hydrogen-bond acceptors (Lipinski definition) is 4. The lowest BCUT2D eigenvalue weighted by Gasteiger charge is -2.06. The smallest absolute Gasteiger partial charge is 0.146 e. The van der Waals surface area contributed by atoms with Gasteiger partial charge in [-0.3, -0.25) is 0 Å². The monoisotopic (exact) mass is 304 g/mol. The fourth-order valence-electron chi connectivity index (χ4n) is 1.95. The molecule has 0 unspecified atom stereocenters. The molecular weight excluding hydrogens is 288 g/mol. The number of benzene rings is 2. The molecular formula is C19H16N2O2. The van der Waals surface area contributed by atoms with Crippen molar-refractivity contribution < 1.29 is 9.15 Å². The van der Waals surface area contributed by atoms with Crippen LogP contribution in [0.4, 0.5) is 0 Å². The van der Waals surface area contributed by atoms with E-state index in [1.54, 1.807) is 24.8 Å². The van der Waals surface area contributed by atoms with Gasteiger partial charge >= 0.3 is 0 Å². The normalized spacial score (nSPS) is 11.3. The van der Waals surface area contributed by atoms with Crippen molar-refractivity contribution >= 4 is 12.4 Å². The number of hydrogen-bond donors (Lipinski definition) is 0.